The summed E-state index contributed by atoms with van der Waals surface area (Å²) in [5.74, 6) is -2.62. The number of benzene rings is 1. The van der Waals surface area contributed by atoms with E-state index in [2.05, 4.69) is 10.6 Å². The van der Waals surface area contributed by atoms with Gasteiger partial charge in [0.2, 0.25) is 11.8 Å². The number of alkyl carbamates (subject to hydrolysis) is 1. The van der Waals surface area contributed by atoms with Gasteiger partial charge in [-0.3, -0.25) is 9.59 Å². The van der Waals surface area contributed by atoms with Crippen molar-refractivity contribution in [2.75, 3.05) is 14.1 Å². The molecular formula is C27H39N3O6. The van der Waals surface area contributed by atoms with Crippen molar-refractivity contribution in [1.29, 1.82) is 0 Å². The monoisotopic (exact) mass is 501 g/mol. The number of carbonyl (C=O) groups is 4. The maximum Gasteiger partial charge on any atom is 0.408 e. The molecule has 0 bridgehead atoms. The van der Waals surface area contributed by atoms with E-state index in [0.717, 1.165) is 5.56 Å². The Hall–Kier alpha value is -3.36. The SMILES string of the molecule is CC(C)C[C@@H]1NC(=O)OC(Cc2ccccc2)CC/C=C/CC(C(=O)N(C)C)C[C@@H](C(=O)O)NC1=O. The third kappa shape index (κ3) is 9.71. The molecule has 1 aliphatic heterocycles. The number of ether oxygens (including phenoxy) is 1. The molecule has 2 rings (SSSR count). The highest BCUT2D eigenvalue weighted by molar-refractivity contribution is 5.89. The van der Waals surface area contributed by atoms with Crippen LogP contribution in [0, 0.1) is 11.8 Å². The Balaban J connectivity index is 2.33. The van der Waals surface area contributed by atoms with E-state index in [1.807, 2.05) is 56.3 Å². The summed E-state index contributed by atoms with van der Waals surface area (Å²) in [5, 5.41) is 14.9. The van der Waals surface area contributed by atoms with Gasteiger partial charge >= 0.3 is 12.1 Å². The molecule has 3 amide bonds. The highest BCUT2D eigenvalue weighted by Crippen LogP contribution is 2.18. The molecule has 1 aromatic rings. The number of carboxylic acids is 1. The first kappa shape index (κ1) is 28.9. The van der Waals surface area contributed by atoms with Gasteiger partial charge in [-0.05, 0) is 43.6 Å². The summed E-state index contributed by atoms with van der Waals surface area (Å²) in [4.78, 5) is 52.0. The van der Waals surface area contributed by atoms with Crippen molar-refractivity contribution in [2.24, 2.45) is 11.8 Å². The lowest BCUT2D eigenvalue weighted by Gasteiger charge is -2.26. The average molecular weight is 502 g/mol. The van der Waals surface area contributed by atoms with Crippen molar-refractivity contribution >= 4 is 23.9 Å². The first-order valence-corrected chi connectivity index (χ1v) is 12.5. The molecule has 0 radical (unpaired) electrons. The Bertz CT molecular complexity index is 915. The van der Waals surface area contributed by atoms with E-state index in [1.165, 1.54) is 4.90 Å². The number of cyclic esters (lactones) is 1. The zero-order chi connectivity index (χ0) is 26.7. The molecule has 9 nitrogen and oxygen atoms in total. The molecule has 0 saturated heterocycles. The number of nitrogens with zero attached hydrogens (tertiary/aromatic N) is 1. The summed E-state index contributed by atoms with van der Waals surface area (Å²) in [6.07, 6.45) is 4.92. The minimum atomic E-state index is -1.27. The van der Waals surface area contributed by atoms with Gasteiger partial charge < -0.3 is 25.4 Å². The third-order valence-corrected chi connectivity index (χ3v) is 6.06. The van der Waals surface area contributed by atoms with E-state index < -0.39 is 42.1 Å². The number of amides is 3. The first-order chi connectivity index (χ1) is 17.1. The van der Waals surface area contributed by atoms with E-state index in [4.69, 9.17) is 4.74 Å². The summed E-state index contributed by atoms with van der Waals surface area (Å²) in [7, 11) is 3.24. The predicted molar refractivity (Wildman–Crippen MR) is 136 cm³/mol. The average Bonchev–Trinajstić information content (AvgIpc) is 2.81. The van der Waals surface area contributed by atoms with Crippen molar-refractivity contribution in [3.05, 3.63) is 48.0 Å². The van der Waals surface area contributed by atoms with Crippen LogP contribution in [0.1, 0.15) is 51.5 Å². The molecule has 0 aliphatic carbocycles. The maximum atomic E-state index is 13.1. The van der Waals surface area contributed by atoms with Crippen molar-refractivity contribution in [3.8, 4) is 0 Å². The number of allylic oxidation sites excluding steroid dienone is 2. The van der Waals surface area contributed by atoms with Gasteiger partial charge in [0.05, 0.1) is 0 Å². The van der Waals surface area contributed by atoms with Crippen LogP contribution in [0.25, 0.3) is 0 Å². The zero-order valence-electron chi connectivity index (χ0n) is 21.6. The molecule has 1 heterocycles. The van der Waals surface area contributed by atoms with Crippen LogP contribution in [-0.4, -0.2) is 66.2 Å². The fourth-order valence-electron chi connectivity index (χ4n) is 4.21. The molecule has 198 valence electrons. The summed E-state index contributed by atoms with van der Waals surface area (Å²) in [6.45, 7) is 3.81. The largest absolute Gasteiger partial charge is 0.480 e. The summed E-state index contributed by atoms with van der Waals surface area (Å²) in [5.41, 5.74) is 1.02. The van der Waals surface area contributed by atoms with Crippen molar-refractivity contribution in [2.45, 2.75) is 70.6 Å². The molecule has 2 unspecified atom stereocenters. The molecule has 0 aromatic heterocycles. The number of carbonyl (C=O) groups excluding carboxylic acids is 3. The third-order valence-electron chi connectivity index (χ3n) is 6.06. The normalized spacial score (nSPS) is 24.9. The van der Waals surface area contributed by atoms with Crippen LogP contribution in [0.3, 0.4) is 0 Å². The van der Waals surface area contributed by atoms with Crippen LogP contribution in [0.5, 0.6) is 0 Å². The second-order valence-corrected chi connectivity index (χ2v) is 9.89. The molecule has 4 atom stereocenters. The van der Waals surface area contributed by atoms with Crippen LogP contribution in [0.15, 0.2) is 42.5 Å². The number of carboxylic acid groups (broad SMARTS) is 1. The van der Waals surface area contributed by atoms with Gasteiger partial charge in [-0.2, -0.15) is 0 Å². The van der Waals surface area contributed by atoms with E-state index in [9.17, 15) is 24.3 Å². The molecule has 3 N–H and O–H groups in total. The second-order valence-electron chi connectivity index (χ2n) is 9.89. The van der Waals surface area contributed by atoms with Crippen LogP contribution in [0.2, 0.25) is 0 Å². The Kier molecular flexibility index (Phi) is 11.4. The van der Waals surface area contributed by atoms with Gasteiger partial charge in [0, 0.05) is 26.4 Å². The smallest absolute Gasteiger partial charge is 0.408 e. The Labute approximate surface area is 213 Å². The standard InChI is InChI=1S/C27H39N3O6/c1-18(2)15-22-24(31)28-23(26(33)34)17-20(25(32)30(3)4)13-9-6-10-14-21(36-27(35)29-22)16-19-11-7-5-8-12-19/h5-9,11-12,18,20-23H,10,13-17H2,1-4H3,(H,28,31)(H,29,35)(H,33,34)/b9-6+/t20?,21?,22-,23-/m0/s1. The number of nitrogens with one attached hydrogen (secondary N) is 2. The van der Waals surface area contributed by atoms with E-state index in [1.54, 1.807) is 14.1 Å². The van der Waals surface area contributed by atoms with Gasteiger partial charge in [-0.15, -0.1) is 0 Å². The van der Waals surface area contributed by atoms with E-state index in [-0.39, 0.29) is 18.2 Å². The lowest BCUT2D eigenvalue weighted by atomic mass is 9.94. The molecular weight excluding hydrogens is 462 g/mol. The van der Waals surface area contributed by atoms with Crippen molar-refractivity contribution < 1.29 is 29.0 Å². The highest BCUT2D eigenvalue weighted by atomic mass is 16.6. The topological polar surface area (TPSA) is 125 Å². The van der Waals surface area contributed by atoms with Crippen LogP contribution < -0.4 is 10.6 Å². The molecule has 1 aliphatic rings. The van der Waals surface area contributed by atoms with Crippen LogP contribution in [0.4, 0.5) is 4.79 Å². The van der Waals surface area contributed by atoms with Gasteiger partial charge in [0.15, 0.2) is 0 Å². The lowest BCUT2D eigenvalue weighted by molar-refractivity contribution is -0.143. The number of rotatable bonds is 6. The quantitative estimate of drug-likeness (QED) is 0.515. The summed E-state index contributed by atoms with van der Waals surface area (Å²) >= 11 is 0. The highest BCUT2D eigenvalue weighted by Gasteiger charge is 2.32. The predicted octanol–water partition coefficient (Wildman–Crippen LogP) is 3.14. The molecule has 0 saturated carbocycles. The number of hydrogen-bond donors (Lipinski definition) is 3. The Morgan fingerprint density at radius 1 is 1.11 bits per heavy atom. The van der Waals surface area contributed by atoms with Crippen LogP contribution >= 0.6 is 0 Å². The first-order valence-electron chi connectivity index (χ1n) is 12.5. The lowest BCUT2D eigenvalue weighted by Crippen LogP contribution is -2.53. The Morgan fingerprint density at radius 3 is 2.42 bits per heavy atom. The van der Waals surface area contributed by atoms with Crippen LogP contribution in [-0.2, 0) is 25.5 Å². The molecule has 36 heavy (non-hydrogen) atoms. The molecule has 9 heteroatoms. The van der Waals surface area contributed by atoms with Crippen molar-refractivity contribution in [3.63, 3.8) is 0 Å². The van der Waals surface area contributed by atoms with Crippen molar-refractivity contribution in [1.82, 2.24) is 15.5 Å². The maximum absolute atomic E-state index is 13.1. The van der Waals surface area contributed by atoms with E-state index in [0.29, 0.717) is 32.1 Å². The summed E-state index contributed by atoms with van der Waals surface area (Å²) < 4.78 is 5.71. The fraction of sp³-hybridized carbons (Fsp3) is 0.556. The minimum absolute atomic E-state index is 0.0544. The van der Waals surface area contributed by atoms with E-state index >= 15 is 0 Å². The van der Waals surface area contributed by atoms with Gasteiger partial charge in [-0.25, -0.2) is 9.59 Å². The number of hydrogen-bond acceptors (Lipinski definition) is 5. The van der Waals surface area contributed by atoms with Gasteiger partial charge in [0.1, 0.15) is 18.2 Å². The second kappa shape index (κ2) is 14.3. The Morgan fingerprint density at radius 2 is 1.81 bits per heavy atom. The zero-order valence-corrected chi connectivity index (χ0v) is 21.6. The van der Waals surface area contributed by atoms with Gasteiger partial charge in [0.25, 0.3) is 0 Å². The summed E-state index contributed by atoms with van der Waals surface area (Å²) in [6, 6.07) is 7.44. The molecule has 0 fully saturated rings. The van der Waals surface area contributed by atoms with Gasteiger partial charge in [-0.1, -0.05) is 56.3 Å². The number of aliphatic carboxylic acids is 1. The molecule has 0 spiro atoms. The molecule has 1 aromatic carbocycles. The fourth-order valence-corrected chi connectivity index (χ4v) is 4.21. The minimum Gasteiger partial charge on any atom is -0.480 e.